The molecule has 30 heavy (non-hydrogen) atoms. The number of fused-ring (bicyclic) bond motifs is 1. The van der Waals surface area contributed by atoms with Gasteiger partial charge in [-0.25, -0.2) is 13.8 Å². The van der Waals surface area contributed by atoms with Crippen molar-refractivity contribution >= 4 is 28.8 Å². The van der Waals surface area contributed by atoms with Crippen LogP contribution in [0, 0.1) is 11.6 Å². The van der Waals surface area contributed by atoms with Gasteiger partial charge in [-0.1, -0.05) is 12.1 Å². The zero-order valence-electron chi connectivity index (χ0n) is 16.5. The van der Waals surface area contributed by atoms with E-state index < -0.39 is 23.4 Å². The Hall–Kier alpha value is -3.33. The molecule has 158 valence electrons. The number of anilines is 1. The van der Waals surface area contributed by atoms with Gasteiger partial charge in [-0.15, -0.1) is 0 Å². The molecule has 0 spiro atoms. The number of rotatable bonds is 9. The highest BCUT2D eigenvalue weighted by molar-refractivity contribution is 5.99. The summed E-state index contributed by atoms with van der Waals surface area (Å²) < 4.78 is 33.7. The van der Waals surface area contributed by atoms with E-state index in [0.29, 0.717) is 31.8 Å². The van der Waals surface area contributed by atoms with E-state index in [2.05, 4.69) is 15.6 Å². The lowest BCUT2D eigenvalue weighted by molar-refractivity contribution is -0.115. The van der Waals surface area contributed by atoms with E-state index in [0.717, 1.165) is 29.6 Å². The van der Waals surface area contributed by atoms with Crippen molar-refractivity contribution in [3.8, 4) is 0 Å². The third-order valence-electron chi connectivity index (χ3n) is 4.31. The van der Waals surface area contributed by atoms with Gasteiger partial charge < -0.3 is 14.6 Å². The van der Waals surface area contributed by atoms with Crippen LogP contribution in [-0.2, 0) is 16.1 Å². The minimum Gasteiger partial charge on any atom is -0.382 e. The Bertz CT molecular complexity index is 1030. The number of ether oxygens (including phenoxy) is 1. The number of halogens is 2. The molecule has 3 aromatic rings. The molecule has 1 aromatic heterocycles. The summed E-state index contributed by atoms with van der Waals surface area (Å²) in [5.41, 5.74) is 1.38. The molecule has 1 heterocycles. The van der Waals surface area contributed by atoms with Crippen LogP contribution in [0.15, 0.2) is 42.5 Å². The molecule has 0 bridgehead atoms. The van der Waals surface area contributed by atoms with Crippen LogP contribution in [0.4, 0.5) is 14.7 Å². The first-order valence-corrected chi connectivity index (χ1v) is 9.55. The van der Waals surface area contributed by atoms with Crippen LogP contribution in [0.25, 0.3) is 11.0 Å². The average Bonchev–Trinajstić information content (AvgIpc) is 3.05. The molecular weight excluding hydrogens is 394 g/mol. The van der Waals surface area contributed by atoms with E-state index in [1.807, 2.05) is 35.8 Å². The highest BCUT2D eigenvalue weighted by Gasteiger charge is 2.15. The van der Waals surface area contributed by atoms with Crippen LogP contribution in [-0.4, -0.2) is 41.1 Å². The topological polar surface area (TPSA) is 85.2 Å². The number of carbonyl (C=O) groups excluding carboxylic acids is 2. The van der Waals surface area contributed by atoms with E-state index in [9.17, 15) is 18.4 Å². The normalized spacial score (nSPS) is 10.9. The summed E-state index contributed by atoms with van der Waals surface area (Å²) in [4.78, 5) is 28.8. The molecule has 0 atom stereocenters. The third kappa shape index (κ3) is 5.38. The highest BCUT2D eigenvalue weighted by atomic mass is 19.1. The molecule has 2 N–H and O–H groups in total. The lowest BCUT2D eigenvalue weighted by Gasteiger charge is -2.11. The standard InChI is InChI=1S/C21H22F2N4O3/c1-2-30-9-5-8-27-18-7-4-3-6-17(18)25-21(27)26-19(28)13-24-20(29)14-10-15(22)12-16(23)11-14/h3-4,6-7,10-12H,2,5,8-9,13H2,1H3,(H,24,29)(H,25,26,28). The van der Waals surface area contributed by atoms with Gasteiger partial charge in [-0.2, -0.15) is 0 Å². The molecule has 0 unspecified atom stereocenters. The van der Waals surface area contributed by atoms with Crippen LogP contribution in [0.2, 0.25) is 0 Å². The lowest BCUT2D eigenvalue weighted by Crippen LogP contribution is -2.33. The SMILES string of the molecule is CCOCCCn1c(NC(=O)CNC(=O)c2cc(F)cc(F)c2)nc2ccccc21. The number of benzene rings is 2. The zero-order valence-corrected chi connectivity index (χ0v) is 16.5. The van der Waals surface area contributed by atoms with Crippen molar-refractivity contribution in [3.63, 3.8) is 0 Å². The van der Waals surface area contributed by atoms with Crippen molar-refractivity contribution < 1.29 is 23.1 Å². The summed E-state index contributed by atoms with van der Waals surface area (Å²) in [6, 6.07) is 9.93. The largest absolute Gasteiger partial charge is 0.382 e. The van der Waals surface area contributed by atoms with Crippen LogP contribution in [0.1, 0.15) is 23.7 Å². The van der Waals surface area contributed by atoms with Gasteiger partial charge in [0.15, 0.2) is 0 Å². The van der Waals surface area contributed by atoms with Crippen LogP contribution < -0.4 is 10.6 Å². The van der Waals surface area contributed by atoms with Crippen LogP contribution in [0.5, 0.6) is 0 Å². The maximum atomic E-state index is 13.3. The van der Waals surface area contributed by atoms with E-state index in [4.69, 9.17) is 4.74 Å². The fourth-order valence-electron chi connectivity index (χ4n) is 2.98. The molecule has 3 rings (SSSR count). The first-order valence-electron chi connectivity index (χ1n) is 9.55. The number of hydrogen-bond donors (Lipinski definition) is 2. The second kappa shape index (κ2) is 9.93. The Morgan fingerprint density at radius 1 is 1.13 bits per heavy atom. The fraction of sp³-hybridized carbons (Fsp3) is 0.286. The lowest BCUT2D eigenvalue weighted by atomic mass is 10.2. The van der Waals surface area contributed by atoms with Gasteiger partial charge in [0.05, 0.1) is 17.6 Å². The summed E-state index contributed by atoms with van der Waals surface area (Å²) in [6.07, 6.45) is 0.735. The van der Waals surface area contributed by atoms with Gasteiger partial charge >= 0.3 is 0 Å². The molecule has 2 aromatic carbocycles. The Morgan fingerprint density at radius 2 is 1.87 bits per heavy atom. The van der Waals surface area contributed by atoms with Gasteiger partial charge in [0.1, 0.15) is 11.6 Å². The molecule has 0 radical (unpaired) electrons. The second-order valence-corrected chi connectivity index (χ2v) is 6.52. The summed E-state index contributed by atoms with van der Waals surface area (Å²) in [5, 5.41) is 5.02. The number of para-hydroxylation sites is 2. The Kier molecular flexibility index (Phi) is 7.08. The van der Waals surface area contributed by atoms with Gasteiger partial charge in [0.25, 0.3) is 5.91 Å². The predicted octanol–water partition coefficient (Wildman–Crippen LogP) is 3.11. The highest BCUT2D eigenvalue weighted by Crippen LogP contribution is 2.20. The van der Waals surface area contributed by atoms with Crippen molar-refractivity contribution in [1.29, 1.82) is 0 Å². The number of carbonyl (C=O) groups is 2. The molecule has 2 amide bonds. The van der Waals surface area contributed by atoms with Crippen LogP contribution >= 0.6 is 0 Å². The first-order chi connectivity index (χ1) is 14.5. The number of nitrogens with zero attached hydrogens (tertiary/aromatic N) is 2. The maximum Gasteiger partial charge on any atom is 0.251 e. The third-order valence-corrected chi connectivity index (χ3v) is 4.31. The Morgan fingerprint density at radius 3 is 2.60 bits per heavy atom. The summed E-state index contributed by atoms with van der Waals surface area (Å²) in [5.74, 6) is -2.66. The average molecular weight is 416 g/mol. The molecule has 7 nitrogen and oxygen atoms in total. The summed E-state index contributed by atoms with van der Waals surface area (Å²) in [7, 11) is 0. The zero-order chi connectivity index (χ0) is 21.5. The van der Waals surface area contributed by atoms with Crippen LogP contribution in [0.3, 0.4) is 0 Å². The summed E-state index contributed by atoms with van der Waals surface area (Å²) in [6.45, 7) is 3.34. The molecule has 0 saturated carbocycles. The molecule has 9 heteroatoms. The predicted molar refractivity (Wildman–Crippen MR) is 108 cm³/mol. The van der Waals surface area contributed by atoms with Crippen molar-refractivity contribution in [2.45, 2.75) is 19.9 Å². The van der Waals surface area contributed by atoms with E-state index in [1.54, 1.807) is 0 Å². The number of aromatic nitrogens is 2. The van der Waals surface area contributed by atoms with Gasteiger partial charge in [0.2, 0.25) is 11.9 Å². The Labute approximate surface area is 172 Å². The molecule has 0 aliphatic carbocycles. The molecule has 0 aliphatic rings. The van der Waals surface area contributed by atoms with Crippen molar-refractivity contribution in [2.75, 3.05) is 25.1 Å². The Balaban J connectivity index is 1.66. The van der Waals surface area contributed by atoms with E-state index in [-0.39, 0.29) is 12.1 Å². The molecule has 0 fully saturated rings. The monoisotopic (exact) mass is 416 g/mol. The number of amides is 2. The minimum atomic E-state index is -0.870. The van der Waals surface area contributed by atoms with Crippen molar-refractivity contribution in [2.24, 2.45) is 0 Å². The second-order valence-electron chi connectivity index (χ2n) is 6.52. The first kappa shape index (κ1) is 21.4. The molecule has 0 aliphatic heterocycles. The van der Waals surface area contributed by atoms with Crippen molar-refractivity contribution in [3.05, 3.63) is 59.7 Å². The van der Waals surface area contributed by atoms with E-state index >= 15 is 0 Å². The fourth-order valence-corrected chi connectivity index (χ4v) is 2.98. The summed E-state index contributed by atoms with van der Waals surface area (Å²) >= 11 is 0. The number of imidazole rings is 1. The van der Waals surface area contributed by atoms with E-state index in [1.165, 1.54) is 0 Å². The molecule has 0 saturated heterocycles. The van der Waals surface area contributed by atoms with Gasteiger partial charge in [-0.3, -0.25) is 14.9 Å². The molecular formula is C21H22F2N4O3. The maximum absolute atomic E-state index is 13.3. The number of aryl methyl sites for hydroxylation is 1. The smallest absolute Gasteiger partial charge is 0.251 e. The number of nitrogens with one attached hydrogen (secondary N) is 2. The number of hydrogen-bond acceptors (Lipinski definition) is 4. The van der Waals surface area contributed by atoms with Gasteiger partial charge in [-0.05, 0) is 37.6 Å². The van der Waals surface area contributed by atoms with Gasteiger partial charge in [0, 0.05) is 31.4 Å². The van der Waals surface area contributed by atoms with Crippen molar-refractivity contribution in [1.82, 2.24) is 14.9 Å². The minimum absolute atomic E-state index is 0.205. The quantitative estimate of drug-likeness (QED) is 0.525.